The van der Waals surface area contributed by atoms with Crippen LogP contribution in [0.4, 0.5) is 0 Å². The largest absolute Gasteiger partial charge is 0.443 e. The summed E-state index contributed by atoms with van der Waals surface area (Å²) < 4.78 is 5.41. The van der Waals surface area contributed by atoms with E-state index in [1.165, 1.54) is 17.5 Å². The Kier molecular flexibility index (Phi) is 2.56. The van der Waals surface area contributed by atoms with Crippen molar-refractivity contribution in [2.45, 2.75) is 20.4 Å². The van der Waals surface area contributed by atoms with Crippen molar-refractivity contribution in [3.05, 3.63) is 41.4 Å². The molecule has 0 aliphatic rings. The van der Waals surface area contributed by atoms with Gasteiger partial charge in [0.1, 0.15) is 5.69 Å². The molecule has 2 aromatic rings. The molecule has 2 rings (SSSR count). The quantitative estimate of drug-likeness (QED) is 0.813. The average Bonchev–Trinajstić information content (AvgIpc) is 2.65. The molecule has 0 bridgehead atoms. The summed E-state index contributed by atoms with van der Waals surface area (Å²) in [5, 5.41) is 0. The molecule has 0 saturated carbocycles. The lowest BCUT2D eigenvalue weighted by Gasteiger charge is -2.07. The Morgan fingerprint density at radius 2 is 1.93 bits per heavy atom. The van der Waals surface area contributed by atoms with E-state index < -0.39 is 0 Å². The van der Waals surface area contributed by atoms with Crippen LogP contribution in [0.1, 0.15) is 16.8 Å². The van der Waals surface area contributed by atoms with Crippen LogP contribution in [0, 0.1) is 13.8 Å². The van der Waals surface area contributed by atoms with Crippen LogP contribution in [0.25, 0.3) is 11.3 Å². The first-order valence-corrected chi connectivity index (χ1v) is 4.93. The summed E-state index contributed by atoms with van der Waals surface area (Å²) >= 11 is 0. The number of nitrogens with two attached hydrogens (primary N) is 1. The van der Waals surface area contributed by atoms with Crippen molar-refractivity contribution in [2.24, 2.45) is 5.73 Å². The van der Waals surface area contributed by atoms with Gasteiger partial charge in [-0.05, 0) is 25.0 Å². The van der Waals surface area contributed by atoms with Crippen LogP contribution in [-0.2, 0) is 6.54 Å². The van der Waals surface area contributed by atoms with Gasteiger partial charge < -0.3 is 10.2 Å². The molecule has 1 aromatic heterocycles. The molecular formula is C12H14N2O. The topological polar surface area (TPSA) is 52.0 Å². The minimum atomic E-state index is 0.402. The second kappa shape index (κ2) is 3.87. The fourth-order valence-electron chi connectivity index (χ4n) is 1.79. The molecule has 0 atom stereocenters. The highest BCUT2D eigenvalue weighted by atomic mass is 16.3. The maximum atomic E-state index is 5.61. The number of oxazole rings is 1. The molecule has 2 N–H and O–H groups in total. The number of hydrogen-bond acceptors (Lipinski definition) is 3. The highest BCUT2D eigenvalue weighted by Gasteiger charge is 2.13. The van der Waals surface area contributed by atoms with E-state index in [0.29, 0.717) is 6.54 Å². The van der Waals surface area contributed by atoms with Gasteiger partial charge in [0.15, 0.2) is 12.2 Å². The van der Waals surface area contributed by atoms with Crippen LogP contribution < -0.4 is 5.73 Å². The fourth-order valence-corrected chi connectivity index (χ4v) is 1.79. The predicted molar refractivity (Wildman–Crippen MR) is 59.3 cm³/mol. The SMILES string of the molecule is Cc1cccc(C)c1-c1ocnc1CN. The monoisotopic (exact) mass is 202 g/mol. The van der Waals surface area contributed by atoms with Crippen molar-refractivity contribution in [2.75, 3.05) is 0 Å². The van der Waals surface area contributed by atoms with Gasteiger partial charge in [0.2, 0.25) is 0 Å². The molecule has 0 aliphatic heterocycles. The zero-order chi connectivity index (χ0) is 10.8. The van der Waals surface area contributed by atoms with E-state index in [9.17, 15) is 0 Å². The van der Waals surface area contributed by atoms with Gasteiger partial charge in [-0.15, -0.1) is 0 Å². The second-order valence-corrected chi connectivity index (χ2v) is 3.60. The minimum Gasteiger partial charge on any atom is -0.443 e. The Bertz CT molecular complexity index is 454. The molecule has 1 heterocycles. The summed E-state index contributed by atoms with van der Waals surface area (Å²) in [7, 11) is 0. The summed E-state index contributed by atoms with van der Waals surface area (Å²) in [6.07, 6.45) is 1.45. The first-order valence-electron chi connectivity index (χ1n) is 4.93. The summed E-state index contributed by atoms with van der Waals surface area (Å²) in [5.41, 5.74) is 9.89. The molecule has 15 heavy (non-hydrogen) atoms. The van der Waals surface area contributed by atoms with E-state index in [2.05, 4.69) is 31.0 Å². The molecule has 0 fully saturated rings. The number of nitrogens with zero attached hydrogens (tertiary/aromatic N) is 1. The van der Waals surface area contributed by atoms with Gasteiger partial charge in [-0.3, -0.25) is 0 Å². The third kappa shape index (κ3) is 1.66. The molecule has 0 spiro atoms. The van der Waals surface area contributed by atoms with Crippen molar-refractivity contribution in [3.63, 3.8) is 0 Å². The first-order chi connectivity index (χ1) is 7.24. The van der Waals surface area contributed by atoms with Crippen molar-refractivity contribution < 1.29 is 4.42 Å². The average molecular weight is 202 g/mol. The van der Waals surface area contributed by atoms with Crippen LogP contribution in [-0.4, -0.2) is 4.98 Å². The lowest BCUT2D eigenvalue weighted by Crippen LogP contribution is -1.99. The third-order valence-electron chi connectivity index (χ3n) is 2.54. The number of aromatic nitrogens is 1. The molecule has 3 heteroatoms. The van der Waals surface area contributed by atoms with Crippen LogP contribution in [0.3, 0.4) is 0 Å². The summed E-state index contributed by atoms with van der Waals surface area (Å²) in [4.78, 5) is 4.10. The Labute approximate surface area is 88.9 Å². The van der Waals surface area contributed by atoms with Gasteiger partial charge in [0.05, 0.1) is 0 Å². The van der Waals surface area contributed by atoms with Crippen LogP contribution >= 0.6 is 0 Å². The summed E-state index contributed by atoms with van der Waals surface area (Å²) in [6, 6.07) is 6.16. The Balaban J connectivity index is 2.63. The number of benzene rings is 1. The van der Waals surface area contributed by atoms with E-state index in [1.54, 1.807) is 0 Å². The normalized spacial score (nSPS) is 10.6. The number of hydrogen-bond donors (Lipinski definition) is 1. The van der Waals surface area contributed by atoms with Gasteiger partial charge in [-0.1, -0.05) is 18.2 Å². The molecule has 78 valence electrons. The van der Waals surface area contributed by atoms with Crippen molar-refractivity contribution in [1.29, 1.82) is 0 Å². The summed E-state index contributed by atoms with van der Waals surface area (Å²) in [5.74, 6) is 0.799. The summed E-state index contributed by atoms with van der Waals surface area (Å²) in [6.45, 7) is 4.52. The molecule has 0 radical (unpaired) electrons. The van der Waals surface area contributed by atoms with E-state index in [4.69, 9.17) is 10.2 Å². The highest BCUT2D eigenvalue weighted by molar-refractivity contribution is 5.67. The number of aryl methyl sites for hydroxylation is 2. The fraction of sp³-hybridized carbons (Fsp3) is 0.250. The van der Waals surface area contributed by atoms with Crippen LogP contribution in [0.15, 0.2) is 29.0 Å². The van der Waals surface area contributed by atoms with E-state index in [1.807, 2.05) is 6.07 Å². The van der Waals surface area contributed by atoms with Crippen molar-refractivity contribution in [3.8, 4) is 11.3 Å². The number of rotatable bonds is 2. The minimum absolute atomic E-state index is 0.402. The molecule has 0 unspecified atom stereocenters. The van der Waals surface area contributed by atoms with E-state index in [0.717, 1.165) is 17.0 Å². The molecule has 1 aromatic carbocycles. The highest BCUT2D eigenvalue weighted by Crippen LogP contribution is 2.29. The van der Waals surface area contributed by atoms with E-state index >= 15 is 0 Å². The molecule has 3 nitrogen and oxygen atoms in total. The molecule has 0 amide bonds. The molecular weight excluding hydrogens is 188 g/mol. The first kappa shape index (κ1) is 9.93. The zero-order valence-electron chi connectivity index (χ0n) is 8.95. The Morgan fingerprint density at radius 1 is 1.27 bits per heavy atom. The molecule has 0 saturated heterocycles. The van der Waals surface area contributed by atoms with Gasteiger partial charge in [0, 0.05) is 12.1 Å². The zero-order valence-corrected chi connectivity index (χ0v) is 8.95. The smallest absolute Gasteiger partial charge is 0.181 e. The van der Waals surface area contributed by atoms with Gasteiger partial charge >= 0.3 is 0 Å². The van der Waals surface area contributed by atoms with E-state index in [-0.39, 0.29) is 0 Å². The Morgan fingerprint density at radius 3 is 2.53 bits per heavy atom. The Hall–Kier alpha value is -1.61. The standard InChI is InChI=1S/C12H14N2O/c1-8-4-3-5-9(2)11(8)12-10(6-13)14-7-15-12/h3-5,7H,6,13H2,1-2H3. The molecule has 0 aliphatic carbocycles. The van der Waals surface area contributed by atoms with Crippen LogP contribution in [0.5, 0.6) is 0 Å². The predicted octanol–water partition coefficient (Wildman–Crippen LogP) is 2.42. The maximum Gasteiger partial charge on any atom is 0.181 e. The van der Waals surface area contributed by atoms with Crippen LogP contribution in [0.2, 0.25) is 0 Å². The van der Waals surface area contributed by atoms with Crippen molar-refractivity contribution >= 4 is 0 Å². The van der Waals surface area contributed by atoms with Gasteiger partial charge in [-0.2, -0.15) is 0 Å². The van der Waals surface area contributed by atoms with Gasteiger partial charge in [-0.25, -0.2) is 4.98 Å². The van der Waals surface area contributed by atoms with Gasteiger partial charge in [0.25, 0.3) is 0 Å². The maximum absolute atomic E-state index is 5.61. The second-order valence-electron chi connectivity index (χ2n) is 3.60. The lowest BCUT2D eigenvalue weighted by molar-refractivity contribution is 0.570. The lowest BCUT2D eigenvalue weighted by atomic mass is 10.00. The van der Waals surface area contributed by atoms with Crippen molar-refractivity contribution in [1.82, 2.24) is 4.98 Å². The third-order valence-corrected chi connectivity index (χ3v) is 2.54.